The van der Waals surface area contributed by atoms with E-state index >= 15 is 0 Å². The Bertz CT molecular complexity index is 906. The van der Waals surface area contributed by atoms with Gasteiger partial charge in [-0.15, -0.1) is 0 Å². The van der Waals surface area contributed by atoms with Crippen molar-refractivity contribution >= 4 is 11.9 Å². The van der Waals surface area contributed by atoms with Gasteiger partial charge in [-0.25, -0.2) is 4.39 Å². The van der Waals surface area contributed by atoms with E-state index in [1.165, 1.54) is 12.1 Å². The van der Waals surface area contributed by atoms with Gasteiger partial charge < -0.3 is 15.2 Å². The number of carboxylic acid groups (broad SMARTS) is 1. The van der Waals surface area contributed by atoms with Gasteiger partial charge in [0, 0.05) is 19.8 Å². The van der Waals surface area contributed by atoms with E-state index < -0.39 is 23.6 Å². The molecule has 0 saturated carbocycles. The highest BCUT2D eigenvalue weighted by molar-refractivity contribution is 5.95. The minimum absolute atomic E-state index is 0.0306. The molecular formula is C23H26FNO4. The zero-order chi connectivity index (χ0) is 21.0. The lowest BCUT2D eigenvalue weighted by Crippen LogP contribution is -2.39. The minimum atomic E-state index is -0.956. The molecule has 0 aliphatic carbocycles. The average molecular weight is 399 g/mol. The van der Waals surface area contributed by atoms with Crippen LogP contribution in [0, 0.1) is 31.5 Å². The third-order valence-corrected chi connectivity index (χ3v) is 5.69. The molecule has 2 aromatic carbocycles. The molecule has 6 heteroatoms. The van der Waals surface area contributed by atoms with Crippen molar-refractivity contribution in [2.75, 3.05) is 19.8 Å². The van der Waals surface area contributed by atoms with Gasteiger partial charge in [0.05, 0.1) is 11.5 Å². The van der Waals surface area contributed by atoms with Gasteiger partial charge in [-0.3, -0.25) is 9.59 Å². The molecule has 5 nitrogen and oxygen atoms in total. The first-order chi connectivity index (χ1) is 13.9. The molecule has 29 heavy (non-hydrogen) atoms. The molecular weight excluding hydrogens is 373 g/mol. The normalized spacial score (nSPS) is 15.7. The van der Waals surface area contributed by atoms with E-state index in [4.69, 9.17) is 4.74 Å². The van der Waals surface area contributed by atoms with Crippen molar-refractivity contribution in [2.45, 2.75) is 26.7 Å². The number of carbonyl (C=O) groups is 2. The van der Waals surface area contributed by atoms with Crippen molar-refractivity contribution in [3.8, 4) is 11.1 Å². The number of halogens is 1. The lowest BCUT2D eigenvalue weighted by atomic mass is 9.86. The van der Waals surface area contributed by atoms with Crippen LogP contribution in [0.2, 0.25) is 0 Å². The number of rotatable bonds is 6. The Hall–Kier alpha value is -2.73. The Morgan fingerprint density at radius 3 is 2.38 bits per heavy atom. The number of nitrogens with one attached hydrogen (secondary N) is 1. The molecule has 1 aliphatic rings. The lowest BCUT2D eigenvalue weighted by molar-refractivity contribution is -0.144. The first kappa shape index (κ1) is 21.0. The van der Waals surface area contributed by atoms with Crippen LogP contribution < -0.4 is 5.32 Å². The number of hydrogen-bond acceptors (Lipinski definition) is 3. The Labute approximate surface area is 169 Å². The largest absolute Gasteiger partial charge is 0.481 e. The maximum atomic E-state index is 14.6. The molecule has 154 valence electrons. The number of amides is 1. The van der Waals surface area contributed by atoms with Crippen molar-refractivity contribution < 1.29 is 23.8 Å². The van der Waals surface area contributed by atoms with Gasteiger partial charge in [0.25, 0.3) is 5.91 Å². The topological polar surface area (TPSA) is 75.6 Å². The second kappa shape index (κ2) is 9.18. The van der Waals surface area contributed by atoms with Crippen molar-refractivity contribution in [1.82, 2.24) is 5.32 Å². The van der Waals surface area contributed by atoms with Crippen LogP contribution in [0.5, 0.6) is 0 Å². The van der Waals surface area contributed by atoms with E-state index in [9.17, 15) is 19.1 Å². The first-order valence-electron chi connectivity index (χ1n) is 9.82. The fraction of sp³-hybridized carbons (Fsp3) is 0.391. The maximum Gasteiger partial charge on any atom is 0.308 e. The van der Waals surface area contributed by atoms with Gasteiger partial charge in [-0.05, 0) is 67.0 Å². The van der Waals surface area contributed by atoms with Crippen LogP contribution in [0.25, 0.3) is 11.1 Å². The van der Waals surface area contributed by atoms with E-state index in [2.05, 4.69) is 5.32 Å². The number of hydrogen-bond donors (Lipinski definition) is 2. The number of carbonyl (C=O) groups excluding carboxylic acids is 1. The van der Waals surface area contributed by atoms with E-state index in [1.54, 1.807) is 6.07 Å². The number of carboxylic acids is 1. The number of aryl methyl sites for hydroxylation is 2. The van der Waals surface area contributed by atoms with Gasteiger partial charge in [0.15, 0.2) is 0 Å². The van der Waals surface area contributed by atoms with Crippen LogP contribution in [0.15, 0.2) is 36.4 Å². The van der Waals surface area contributed by atoms with Crippen molar-refractivity contribution in [1.29, 1.82) is 0 Å². The van der Waals surface area contributed by atoms with Crippen LogP contribution in [-0.4, -0.2) is 36.7 Å². The quantitative estimate of drug-likeness (QED) is 0.771. The van der Waals surface area contributed by atoms with Crippen LogP contribution in [0.1, 0.15) is 34.3 Å². The molecule has 0 radical (unpaired) electrons. The van der Waals surface area contributed by atoms with Crippen molar-refractivity contribution in [3.05, 3.63) is 58.9 Å². The highest BCUT2D eigenvalue weighted by Crippen LogP contribution is 2.26. The molecule has 1 heterocycles. The van der Waals surface area contributed by atoms with E-state index in [0.717, 1.165) is 16.7 Å². The van der Waals surface area contributed by atoms with Gasteiger partial charge in [-0.1, -0.05) is 24.3 Å². The summed E-state index contributed by atoms with van der Waals surface area (Å²) in [6.07, 6.45) is 1.29. The molecule has 3 rings (SSSR count). The van der Waals surface area contributed by atoms with Gasteiger partial charge in [0.1, 0.15) is 5.82 Å². The van der Waals surface area contributed by atoms with E-state index in [0.29, 0.717) is 31.6 Å². The van der Waals surface area contributed by atoms with Crippen LogP contribution in [0.3, 0.4) is 0 Å². The highest BCUT2D eigenvalue weighted by Gasteiger charge is 2.30. The molecule has 1 atom stereocenters. The molecule has 1 saturated heterocycles. The molecule has 1 amide bonds. The Morgan fingerprint density at radius 2 is 1.76 bits per heavy atom. The Morgan fingerprint density at radius 1 is 1.10 bits per heavy atom. The minimum Gasteiger partial charge on any atom is -0.481 e. The Balaban J connectivity index is 1.70. The van der Waals surface area contributed by atoms with Gasteiger partial charge in [-0.2, -0.15) is 0 Å². The predicted molar refractivity (Wildman–Crippen MR) is 108 cm³/mol. The summed E-state index contributed by atoms with van der Waals surface area (Å²) in [5, 5.41) is 12.1. The monoisotopic (exact) mass is 399 g/mol. The molecule has 0 aromatic heterocycles. The summed E-state index contributed by atoms with van der Waals surface area (Å²) < 4.78 is 19.9. The second-order valence-corrected chi connectivity index (χ2v) is 7.60. The fourth-order valence-electron chi connectivity index (χ4n) is 3.67. The summed E-state index contributed by atoms with van der Waals surface area (Å²) in [6, 6.07) is 10.4. The standard InChI is InChI=1S/C23H26FNO4/c1-14-3-4-17(11-15(14)2)18-5-6-19(21(24)12-18)22(26)25-13-20(23(27)28)16-7-9-29-10-8-16/h3-6,11-12,16,20H,7-10,13H2,1-2H3,(H,25,26)(H,27,28). The third-order valence-electron chi connectivity index (χ3n) is 5.69. The lowest BCUT2D eigenvalue weighted by Gasteiger charge is -2.27. The van der Waals surface area contributed by atoms with Crippen LogP contribution in [0.4, 0.5) is 4.39 Å². The molecule has 0 spiro atoms. The SMILES string of the molecule is Cc1ccc(-c2ccc(C(=O)NCC(C(=O)O)C3CCOCC3)c(F)c2)cc1C. The molecule has 1 fully saturated rings. The average Bonchev–Trinajstić information content (AvgIpc) is 2.70. The zero-order valence-electron chi connectivity index (χ0n) is 16.7. The van der Waals surface area contributed by atoms with Crippen molar-refractivity contribution in [2.24, 2.45) is 11.8 Å². The van der Waals surface area contributed by atoms with Gasteiger partial charge in [0.2, 0.25) is 0 Å². The number of aliphatic carboxylic acids is 1. The number of ether oxygens (including phenoxy) is 1. The summed E-state index contributed by atoms with van der Waals surface area (Å²) in [5.74, 6) is -2.95. The second-order valence-electron chi connectivity index (χ2n) is 7.60. The molecule has 0 bridgehead atoms. The van der Waals surface area contributed by atoms with Crippen molar-refractivity contribution in [3.63, 3.8) is 0 Å². The smallest absolute Gasteiger partial charge is 0.308 e. The first-order valence-corrected chi connectivity index (χ1v) is 9.82. The maximum absolute atomic E-state index is 14.6. The molecule has 2 N–H and O–H groups in total. The summed E-state index contributed by atoms with van der Waals surface area (Å²) >= 11 is 0. The summed E-state index contributed by atoms with van der Waals surface area (Å²) in [6.45, 7) is 5.03. The molecule has 2 aromatic rings. The fourth-order valence-corrected chi connectivity index (χ4v) is 3.67. The summed E-state index contributed by atoms with van der Waals surface area (Å²) in [7, 11) is 0. The van der Waals surface area contributed by atoms with Crippen LogP contribution in [-0.2, 0) is 9.53 Å². The third kappa shape index (κ3) is 5.01. The number of benzene rings is 2. The predicted octanol–water partition coefficient (Wildman–Crippen LogP) is 3.97. The highest BCUT2D eigenvalue weighted by atomic mass is 19.1. The van der Waals surface area contributed by atoms with E-state index in [1.807, 2.05) is 32.0 Å². The Kier molecular flexibility index (Phi) is 6.64. The summed E-state index contributed by atoms with van der Waals surface area (Å²) in [4.78, 5) is 24.1. The zero-order valence-corrected chi connectivity index (χ0v) is 16.7. The van der Waals surface area contributed by atoms with E-state index in [-0.39, 0.29) is 18.0 Å². The van der Waals surface area contributed by atoms with Crippen LogP contribution >= 0.6 is 0 Å². The van der Waals surface area contributed by atoms with Gasteiger partial charge >= 0.3 is 5.97 Å². The summed E-state index contributed by atoms with van der Waals surface area (Å²) in [5.41, 5.74) is 3.74. The molecule has 1 unspecified atom stereocenters. The molecule has 1 aliphatic heterocycles.